The molecule has 1 aromatic heterocycles. The second kappa shape index (κ2) is 8.43. The van der Waals surface area contributed by atoms with Crippen LogP contribution < -0.4 is 4.90 Å². The zero-order valence-electron chi connectivity index (χ0n) is 16.0. The summed E-state index contributed by atoms with van der Waals surface area (Å²) in [4.78, 5) is 19.7. The Morgan fingerprint density at radius 1 is 1.27 bits per heavy atom. The van der Waals surface area contributed by atoms with Gasteiger partial charge in [-0.1, -0.05) is 34.5 Å². The number of sulfone groups is 1. The Balaban J connectivity index is 1.77. The molecule has 0 unspecified atom stereocenters. The Morgan fingerprint density at radius 3 is 2.77 bits per heavy atom. The second-order valence-electron chi connectivity index (χ2n) is 7.07. The predicted molar refractivity (Wildman–Crippen MR) is 120 cm³/mol. The monoisotopic (exact) mass is 484 g/mol. The van der Waals surface area contributed by atoms with Gasteiger partial charge in [0.25, 0.3) is 5.91 Å². The predicted octanol–water partition coefficient (Wildman–Crippen LogP) is 4.83. The van der Waals surface area contributed by atoms with Crippen LogP contribution in [0.3, 0.4) is 0 Å². The molecule has 30 heavy (non-hydrogen) atoms. The van der Waals surface area contributed by atoms with Crippen molar-refractivity contribution in [2.24, 2.45) is 0 Å². The molecule has 0 radical (unpaired) electrons. The second-order valence-corrected chi connectivity index (χ2v) is 10.9. The van der Waals surface area contributed by atoms with Crippen molar-refractivity contribution in [3.05, 3.63) is 52.0 Å². The number of nitrogens with zero attached hydrogens (tertiary/aromatic N) is 2. The standard InChI is InChI=1S/C20H18Cl2N2O4S2/c1-30(26,27)14-5-7-17-18(10-14)29-20(23-17)24(11-13-3-2-8-28-13)19(25)15-9-12(21)4-6-16(15)22/h4-7,9-10,13H,2-3,8,11H2,1H3/t13-/m1/s1. The maximum Gasteiger partial charge on any atom is 0.261 e. The number of benzene rings is 2. The van der Waals surface area contributed by atoms with Crippen molar-refractivity contribution in [2.45, 2.75) is 23.8 Å². The Kier molecular flexibility index (Phi) is 6.05. The number of thiazole rings is 1. The molecule has 0 N–H and O–H groups in total. The van der Waals surface area contributed by atoms with Gasteiger partial charge in [0.2, 0.25) is 0 Å². The largest absolute Gasteiger partial charge is 0.376 e. The van der Waals surface area contributed by atoms with E-state index in [1.54, 1.807) is 24.3 Å². The molecule has 1 aliphatic heterocycles. The van der Waals surface area contributed by atoms with Crippen molar-refractivity contribution in [3.63, 3.8) is 0 Å². The Morgan fingerprint density at radius 2 is 2.07 bits per heavy atom. The highest BCUT2D eigenvalue weighted by molar-refractivity contribution is 7.90. The van der Waals surface area contributed by atoms with E-state index in [9.17, 15) is 13.2 Å². The fourth-order valence-electron chi connectivity index (χ4n) is 3.29. The lowest BCUT2D eigenvalue weighted by atomic mass is 10.1. The highest BCUT2D eigenvalue weighted by Crippen LogP contribution is 2.33. The van der Waals surface area contributed by atoms with E-state index >= 15 is 0 Å². The summed E-state index contributed by atoms with van der Waals surface area (Å²) in [6, 6.07) is 9.47. The topological polar surface area (TPSA) is 76.6 Å². The summed E-state index contributed by atoms with van der Waals surface area (Å²) >= 11 is 13.6. The number of ether oxygens (including phenoxy) is 1. The molecule has 4 rings (SSSR count). The molecule has 1 aliphatic rings. The number of aromatic nitrogens is 1. The van der Waals surface area contributed by atoms with E-state index in [2.05, 4.69) is 4.98 Å². The van der Waals surface area contributed by atoms with Gasteiger partial charge in [0.15, 0.2) is 15.0 Å². The number of carbonyl (C=O) groups is 1. The number of anilines is 1. The summed E-state index contributed by atoms with van der Waals surface area (Å²) in [6.07, 6.45) is 2.83. The van der Waals surface area contributed by atoms with Crippen molar-refractivity contribution in [3.8, 4) is 0 Å². The molecule has 1 saturated heterocycles. The van der Waals surface area contributed by atoms with Crippen LogP contribution in [0, 0.1) is 0 Å². The van der Waals surface area contributed by atoms with Crippen molar-refractivity contribution < 1.29 is 17.9 Å². The Bertz CT molecular complexity index is 1220. The van der Waals surface area contributed by atoms with Crippen molar-refractivity contribution in [1.29, 1.82) is 0 Å². The third-order valence-corrected chi connectivity index (χ3v) is 7.54. The van der Waals surface area contributed by atoms with Crippen LogP contribution in [-0.4, -0.2) is 44.8 Å². The molecule has 158 valence electrons. The third-order valence-electron chi connectivity index (χ3n) is 4.82. The molecule has 2 heterocycles. The maximum atomic E-state index is 13.4. The van der Waals surface area contributed by atoms with E-state index < -0.39 is 9.84 Å². The molecular formula is C20H18Cl2N2O4S2. The minimum atomic E-state index is -3.35. The number of hydrogen-bond acceptors (Lipinski definition) is 6. The van der Waals surface area contributed by atoms with Crippen LogP contribution in [0.2, 0.25) is 10.0 Å². The fraction of sp³-hybridized carbons (Fsp3) is 0.300. The van der Waals surface area contributed by atoms with Crippen LogP contribution in [0.5, 0.6) is 0 Å². The fourth-order valence-corrected chi connectivity index (χ4v) is 5.39. The first kappa shape index (κ1) is 21.5. The summed E-state index contributed by atoms with van der Waals surface area (Å²) in [5.74, 6) is -0.333. The summed E-state index contributed by atoms with van der Waals surface area (Å²) in [6.45, 7) is 0.975. The van der Waals surface area contributed by atoms with Gasteiger partial charge in [0, 0.05) is 17.9 Å². The van der Waals surface area contributed by atoms with Gasteiger partial charge in [-0.05, 0) is 49.2 Å². The van der Waals surface area contributed by atoms with E-state index in [1.807, 2.05) is 0 Å². The van der Waals surface area contributed by atoms with Crippen molar-refractivity contribution >= 4 is 65.6 Å². The minimum Gasteiger partial charge on any atom is -0.376 e. The van der Waals surface area contributed by atoms with E-state index in [-0.39, 0.29) is 22.5 Å². The summed E-state index contributed by atoms with van der Waals surface area (Å²) in [5.41, 5.74) is 0.892. The number of carbonyl (C=O) groups excluding carboxylic acids is 1. The first-order valence-corrected chi connectivity index (χ1v) is 12.7. The van der Waals surface area contributed by atoms with Gasteiger partial charge in [-0.3, -0.25) is 9.69 Å². The Hall–Kier alpha value is -1.71. The van der Waals surface area contributed by atoms with Gasteiger partial charge in [0.05, 0.1) is 38.3 Å². The first-order valence-electron chi connectivity index (χ1n) is 9.21. The van der Waals surface area contributed by atoms with Crippen LogP contribution in [0.25, 0.3) is 10.2 Å². The summed E-state index contributed by atoms with van der Waals surface area (Å²) in [5, 5.41) is 1.15. The lowest BCUT2D eigenvalue weighted by Gasteiger charge is -2.23. The average Bonchev–Trinajstić information content (AvgIpc) is 3.35. The molecule has 1 fully saturated rings. The SMILES string of the molecule is CS(=O)(=O)c1ccc2nc(N(C[C@H]3CCCO3)C(=O)c3cc(Cl)ccc3Cl)sc2c1. The molecular weight excluding hydrogens is 467 g/mol. The molecule has 6 nitrogen and oxygen atoms in total. The number of fused-ring (bicyclic) bond motifs is 1. The quantitative estimate of drug-likeness (QED) is 0.517. The molecule has 0 bridgehead atoms. The zero-order chi connectivity index (χ0) is 21.5. The van der Waals surface area contributed by atoms with Crippen LogP contribution in [0.1, 0.15) is 23.2 Å². The molecule has 3 aromatic rings. The van der Waals surface area contributed by atoms with Gasteiger partial charge in [-0.2, -0.15) is 0 Å². The van der Waals surface area contributed by atoms with Crippen LogP contribution in [0.4, 0.5) is 5.13 Å². The highest BCUT2D eigenvalue weighted by Gasteiger charge is 2.28. The summed E-state index contributed by atoms with van der Waals surface area (Å²) < 4.78 is 30.2. The molecule has 10 heteroatoms. The first-order chi connectivity index (χ1) is 14.2. The van der Waals surface area contributed by atoms with Crippen LogP contribution in [-0.2, 0) is 14.6 Å². The van der Waals surface area contributed by atoms with E-state index in [0.717, 1.165) is 19.1 Å². The lowest BCUT2D eigenvalue weighted by Crippen LogP contribution is -2.37. The molecule has 2 aromatic carbocycles. The molecule has 1 amide bonds. The molecule has 0 aliphatic carbocycles. The third kappa shape index (κ3) is 4.48. The smallest absolute Gasteiger partial charge is 0.261 e. The van der Waals surface area contributed by atoms with Gasteiger partial charge < -0.3 is 4.74 Å². The normalized spacial score (nSPS) is 16.8. The van der Waals surface area contributed by atoms with Crippen molar-refractivity contribution in [1.82, 2.24) is 4.98 Å². The number of halogens is 2. The van der Waals surface area contributed by atoms with Crippen LogP contribution in [0.15, 0.2) is 41.3 Å². The van der Waals surface area contributed by atoms with E-state index in [4.69, 9.17) is 27.9 Å². The van der Waals surface area contributed by atoms with Gasteiger partial charge >= 0.3 is 0 Å². The minimum absolute atomic E-state index is 0.106. The van der Waals surface area contributed by atoms with Gasteiger partial charge in [-0.25, -0.2) is 13.4 Å². The summed E-state index contributed by atoms with van der Waals surface area (Å²) in [7, 11) is -3.35. The van der Waals surface area contributed by atoms with Gasteiger partial charge in [-0.15, -0.1) is 0 Å². The Labute approximate surface area is 188 Å². The molecule has 1 atom stereocenters. The van der Waals surface area contributed by atoms with Gasteiger partial charge in [0.1, 0.15) is 0 Å². The molecule has 0 saturated carbocycles. The van der Waals surface area contributed by atoms with Crippen LogP contribution >= 0.6 is 34.5 Å². The van der Waals surface area contributed by atoms with E-state index in [1.165, 1.54) is 28.4 Å². The average molecular weight is 485 g/mol. The number of hydrogen-bond donors (Lipinski definition) is 0. The maximum absolute atomic E-state index is 13.4. The number of amides is 1. The zero-order valence-corrected chi connectivity index (χ0v) is 19.1. The van der Waals surface area contributed by atoms with Crippen molar-refractivity contribution in [2.75, 3.05) is 24.3 Å². The van der Waals surface area contributed by atoms with E-state index in [0.29, 0.717) is 38.5 Å². The number of rotatable bonds is 5. The molecule has 0 spiro atoms. The highest BCUT2D eigenvalue weighted by atomic mass is 35.5. The lowest BCUT2D eigenvalue weighted by molar-refractivity contribution is 0.0917.